The van der Waals surface area contributed by atoms with Gasteiger partial charge in [0.15, 0.2) is 5.11 Å². The second kappa shape index (κ2) is 10.5. The summed E-state index contributed by atoms with van der Waals surface area (Å²) in [5.74, 6) is 1.06. The molecule has 2 unspecified atom stereocenters. The zero-order chi connectivity index (χ0) is 27.1. The molecule has 6 rings (SSSR count). The maximum Gasteiger partial charge on any atom is 0.174 e. The molecule has 2 fully saturated rings. The van der Waals surface area contributed by atoms with Crippen molar-refractivity contribution in [1.82, 2.24) is 14.9 Å². The Balaban J connectivity index is 1.43. The third-order valence-corrected chi connectivity index (χ3v) is 8.33. The first kappa shape index (κ1) is 25.7. The number of rotatable bonds is 6. The fourth-order valence-electron chi connectivity index (χ4n) is 5.97. The second-order valence-corrected chi connectivity index (χ2v) is 11.1. The largest absolute Gasteiger partial charge is 0.506 e. The highest BCUT2D eigenvalue weighted by molar-refractivity contribution is 7.80. The Morgan fingerprint density at radius 1 is 1.03 bits per heavy atom. The number of aromatic hydroxyl groups is 1. The van der Waals surface area contributed by atoms with Crippen molar-refractivity contribution in [2.75, 3.05) is 4.90 Å². The number of pyridine rings is 1. The van der Waals surface area contributed by atoms with Crippen molar-refractivity contribution < 1.29 is 9.84 Å². The van der Waals surface area contributed by atoms with Crippen LogP contribution in [0, 0.1) is 13.8 Å². The number of hydrogen-bond acceptors (Lipinski definition) is 4. The first-order chi connectivity index (χ1) is 18.9. The molecule has 1 aliphatic carbocycles. The van der Waals surface area contributed by atoms with Gasteiger partial charge in [-0.3, -0.25) is 4.98 Å². The van der Waals surface area contributed by atoms with E-state index in [9.17, 15) is 5.11 Å². The maximum atomic E-state index is 10.7. The van der Waals surface area contributed by atoms with Crippen LogP contribution in [-0.2, 0) is 0 Å². The molecule has 2 atom stereocenters. The number of ether oxygens (including phenoxy) is 1. The summed E-state index contributed by atoms with van der Waals surface area (Å²) in [6.45, 7) is 4.10. The number of halogens is 1. The van der Waals surface area contributed by atoms with E-state index in [0.29, 0.717) is 21.9 Å². The predicted octanol–water partition coefficient (Wildman–Crippen LogP) is 7.35. The lowest BCUT2D eigenvalue weighted by Crippen LogP contribution is -2.29. The topological polar surface area (TPSA) is 62.5 Å². The van der Waals surface area contributed by atoms with Crippen molar-refractivity contribution in [3.05, 3.63) is 101 Å². The van der Waals surface area contributed by atoms with Crippen molar-refractivity contribution in [3.63, 3.8) is 0 Å². The molecule has 0 radical (unpaired) electrons. The van der Waals surface area contributed by atoms with E-state index in [0.717, 1.165) is 46.9 Å². The fourth-order valence-corrected chi connectivity index (χ4v) is 6.48. The highest BCUT2D eigenvalue weighted by Gasteiger charge is 2.42. The van der Waals surface area contributed by atoms with Crippen LogP contribution in [0.1, 0.15) is 60.4 Å². The van der Waals surface area contributed by atoms with Gasteiger partial charge in [0.25, 0.3) is 0 Å². The number of nitrogens with zero attached hydrogens (tertiary/aromatic N) is 3. The zero-order valence-electron chi connectivity index (χ0n) is 22.0. The molecular weight excluding hydrogens is 528 g/mol. The molecule has 2 aliphatic rings. The molecule has 2 aromatic heterocycles. The summed E-state index contributed by atoms with van der Waals surface area (Å²) in [6, 6.07) is 21.1. The third kappa shape index (κ3) is 4.85. The number of anilines is 1. The Kier molecular flexibility index (Phi) is 6.95. The monoisotopic (exact) mass is 558 g/mol. The minimum atomic E-state index is -0.171. The Labute approximate surface area is 239 Å². The van der Waals surface area contributed by atoms with E-state index in [1.807, 2.05) is 48.0 Å². The van der Waals surface area contributed by atoms with Crippen LogP contribution >= 0.6 is 23.8 Å². The van der Waals surface area contributed by atoms with E-state index in [1.54, 1.807) is 18.2 Å². The normalized spacial score (nSPS) is 19.5. The summed E-state index contributed by atoms with van der Waals surface area (Å²) in [4.78, 5) is 6.84. The Morgan fingerprint density at radius 3 is 2.51 bits per heavy atom. The smallest absolute Gasteiger partial charge is 0.174 e. The Bertz CT molecular complexity index is 1500. The zero-order valence-corrected chi connectivity index (χ0v) is 23.5. The van der Waals surface area contributed by atoms with Crippen molar-refractivity contribution >= 4 is 34.6 Å². The van der Waals surface area contributed by atoms with Crippen molar-refractivity contribution in [3.8, 4) is 17.2 Å². The molecule has 0 bridgehead atoms. The fraction of sp³-hybridized carbons (Fsp3) is 0.290. The van der Waals surface area contributed by atoms with Crippen LogP contribution < -0.4 is 15.0 Å². The van der Waals surface area contributed by atoms with Gasteiger partial charge in [0.1, 0.15) is 11.5 Å². The standard InChI is InChI=1S/C31H31ClN4O2S/c1-19-17-25(20(2)35(19)27-18-21(32)10-15-28(27)37)30-29(26-9-5-6-16-33-26)34-31(39)36(30)22-11-13-24(14-12-22)38-23-7-3-4-8-23/h5-6,9-18,23,29-30,37H,3-4,7-8H2,1-2H3,(H,34,39). The van der Waals surface area contributed by atoms with Crippen LogP contribution in [-0.4, -0.2) is 25.9 Å². The molecule has 2 N–H and O–H groups in total. The molecule has 4 aromatic rings. The van der Waals surface area contributed by atoms with Gasteiger partial charge in [-0.15, -0.1) is 0 Å². The van der Waals surface area contributed by atoms with Gasteiger partial charge >= 0.3 is 0 Å². The van der Waals surface area contributed by atoms with Crippen LogP contribution in [0.25, 0.3) is 5.69 Å². The molecule has 8 heteroatoms. The number of nitrogens with one attached hydrogen (secondary N) is 1. The highest BCUT2D eigenvalue weighted by atomic mass is 35.5. The number of phenols is 1. The summed E-state index contributed by atoms with van der Waals surface area (Å²) in [5, 5.41) is 15.4. The molecule has 2 aromatic carbocycles. The van der Waals surface area contributed by atoms with E-state index >= 15 is 0 Å². The summed E-state index contributed by atoms with van der Waals surface area (Å²) in [6.07, 6.45) is 6.82. The second-order valence-electron chi connectivity index (χ2n) is 10.3. The van der Waals surface area contributed by atoms with Gasteiger partial charge in [-0.2, -0.15) is 0 Å². The Hall–Kier alpha value is -3.55. The molecule has 1 saturated heterocycles. The summed E-state index contributed by atoms with van der Waals surface area (Å²) < 4.78 is 8.26. The van der Waals surface area contributed by atoms with Crippen LogP contribution in [0.2, 0.25) is 5.02 Å². The molecule has 39 heavy (non-hydrogen) atoms. The molecule has 1 saturated carbocycles. The minimum Gasteiger partial charge on any atom is -0.506 e. The lowest BCUT2D eigenvalue weighted by molar-refractivity contribution is 0.210. The van der Waals surface area contributed by atoms with Crippen LogP contribution in [0.4, 0.5) is 5.69 Å². The minimum absolute atomic E-state index is 0.170. The van der Waals surface area contributed by atoms with Gasteiger partial charge in [-0.1, -0.05) is 17.7 Å². The number of thiocarbonyl (C=S) groups is 1. The average Bonchev–Trinajstić information content (AvgIpc) is 3.64. The number of aryl methyl sites for hydroxylation is 1. The lowest BCUT2D eigenvalue weighted by Gasteiger charge is -2.28. The summed E-state index contributed by atoms with van der Waals surface area (Å²) in [7, 11) is 0. The van der Waals surface area contributed by atoms with E-state index in [1.165, 1.54) is 12.8 Å². The van der Waals surface area contributed by atoms with E-state index < -0.39 is 0 Å². The first-order valence-corrected chi connectivity index (χ1v) is 14.1. The maximum absolute atomic E-state index is 10.7. The molecular formula is C31H31ClN4O2S. The van der Waals surface area contributed by atoms with E-state index in [4.69, 9.17) is 28.6 Å². The first-order valence-electron chi connectivity index (χ1n) is 13.4. The molecule has 0 spiro atoms. The predicted molar refractivity (Wildman–Crippen MR) is 159 cm³/mol. The quantitative estimate of drug-likeness (QED) is 0.241. The van der Waals surface area contributed by atoms with Gasteiger partial charge in [-0.05, 0) is 118 Å². The van der Waals surface area contributed by atoms with Gasteiger partial charge in [0.05, 0.1) is 29.6 Å². The van der Waals surface area contributed by atoms with Gasteiger partial charge in [-0.25, -0.2) is 0 Å². The van der Waals surface area contributed by atoms with Gasteiger partial charge < -0.3 is 24.6 Å². The number of hydrogen-bond donors (Lipinski definition) is 2. The van der Waals surface area contributed by atoms with Gasteiger partial charge in [0, 0.05) is 28.3 Å². The number of aromatic nitrogens is 2. The number of benzene rings is 2. The van der Waals surface area contributed by atoms with Crippen molar-refractivity contribution in [1.29, 1.82) is 0 Å². The third-order valence-electron chi connectivity index (χ3n) is 7.79. The molecule has 1 aliphatic heterocycles. The molecule has 6 nitrogen and oxygen atoms in total. The number of phenolic OH excluding ortho intramolecular Hbond substituents is 1. The highest BCUT2D eigenvalue weighted by Crippen LogP contribution is 2.44. The van der Waals surface area contributed by atoms with Crippen molar-refractivity contribution in [2.24, 2.45) is 0 Å². The molecule has 0 amide bonds. The molecule has 200 valence electrons. The summed E-state index contributed by atoms with van der Waals surface area (Å²) in [5.41, 5.74) is 5.59. The van der Waals surface area contributed by atoms with Crippen LogP contribution in [0.3, 0.4) is 0 Å². The average molecular weight is 559 g/mol. The summed E-state index contributed by atoms with van der Waals surface area (Å²) >= 11 is 12.2. The van der Waals surface area contributed by atoms with Gasteiger partial charge in [0.2, 0.25) is 0 Å². The Morgan fingerprint density at radius 2 is 1.79 bits per heavy atom. The van der Waals surface area contributed by atoms with E-state index in [-0.39, 0.29) is 17.8 Å². The lowest BCUT2D eigenvalue weighted by atomic mass is 9.96. The van der Waals surface area contributed by atoms with E-state index in [2.05, 4.69) is 40.3 Å². The van der Waals surface area contributed by atoms with Crippen LogP contribution in [0.5, 0.6) is 11.5 Å². The van der Waals surface area contributed by atoms with Crippen LogP contribution in [0.15, 0.2) is 72.9 Å². The SMILES string of the molecule is Cc1cc(C2C(c3ccccn3)NC(=S)N2c2ccc(OC3CCCC3)cc2)c(C)n1-c1cc(Cl)ccc1O. The van der Waals surface area contributed by atoms with Crippen molar-refractivity contribution in [2.45, 2.75) is 57.7 Å². The molecule has 3 heterocycles.